The molecule has 0 heterocycles. The third-order valence-electron chi connectivity index (χ3n) is 3.74. The second kappa shape index (κ2) is 10.9. The molecule has 29 heavy (non-hydrogen) atoms. The molecule has 2 aromatic rings. The Labute approximate surface area is 173 Å². The van der Waals surface area contributed by atoms with Gasteiger partial charge >= 0.3 is 12.0 Å². The molecule has 0 aromatic heterocycles. The number of anilines is 2. The lowest BCUT2D eigenvalue weighted by molar-refractivity contribution is -0.153. The molecular weight excluding hydrogens is 398 g/mol. The minimum Gasteiger partial charge on any atom is -0.495 e. The third-order valence-corrected chi connectivity index (χ3v) is 4.04. The summed E-state index contributed by atoms with van der Waals surface area (Å²) >= 11 is 6.01. The number of rotatable bonds is 8. The Hall–Kier alpha value is -3.26. The summed E-state index contributed by atoms with van der Waals surface area (Å²) in [6.45, 7) is 1.52. The van der Waals surface area contributed by atoms with E-state index in [1.165, 1.54) is 20.1 Å². The Morgan fingerprint density at radius 3 is 2.41 bits per heavy atom. The number of carbonyl (C=O) groups excluding carboxylic acids is 3. The van der Waals surface area contributed by atoms with Crippen molar-refractivity contribution in [2.45, 2.75) is 19.4 Å². The Bertz CT molecular complexity index is 860. The minimum absolute atomic E-state index is 0.0694. The molecule has 0 aliphatic carbocycles. The third kappa shape index (κ3) is 7.34. The Morgan fingerprint density at radius 1 is 1.03 bits per heavy atom. The van der Waals surface area contributed by atoms with E-state index in [1.54, 1.807) is 36.4 Å². The number of para-hydroxylation sites is 1. The van der Waals surface area contributed by atoms with Gasteiger partial charge in [0, 0.05) is 17.9 Å². The molecule has 154 valence electrons. The molecule has 1 atom stereocenters. The van der Waals surface area contributed by atoms with E-state index in [0.29, 0.717) is 22.1 Å². The predicted molar refractivity (Wildman–Crippen MR) is 110 cm³/mol. The molecule has 0 aliphatic heterocycles. The molecule has 0 bridgehead atoms. The van der Waals surface area contributed by atoms with Gasteiger partial charge in [0.05, 0.1) is 18.6 Å². The fourth-order valence-corrected chi connectivity index (χ4v) is 2.53. The SMILES string of the molecule is COc1ccc(NC(=O)[C@H](C)OC(=O)CCNC(=O)Nc2ccccc2)cc1Cl. The van der Waals surface area contributed by atoms with Crippen molar-refractivity contribution in [1.82, 2.24) is 5.32 Å². The normalized spacial score (nSPS) is 11.1. The molecule has 0 aliphatic rings. The molecule has 9 heteroatoms. The number of benzene rings is 2. The van der Waals surface area contributed by atoms with Crippen molar-refractivity contribution in [3.63, 3.8) is 0 Å². The highest BCUT2D eigenvalue weighted by atomic mass is 35.5. The van der Waals surface area contributed by atoms with Crippen LogP contribution in [0.25, 0.3) is 0 Å². The minimum atomic E-state index is -1.01. The van der Waals surface area contributed by atoms with Gasteiger partial charge < -0.3 is 25.4 Å². The first-order valence-corrected chi connectivity index (χ1v) is 9.20. The maximum atomic E-state index is 12.2. The molecule has 0 spiro atoms. The average molecular weight is 420 g/mol. The van der Waals surface area contributed by atoms with E-state index in [0.717, 1.165) is 0 Å². The van der Waals surface area contributed by atoms with Crippen LogP contribution in [0.15, 0.2) is 48.5 Å². The van der Waals surface area contributed by atoms with Gasteiger partial charge in [-0.2, -0.15) is 0 Å². The molecule has 2 rings (SSSR count). The Kier molecular flexibility index (Phi) is 8.29. The Balaban J connectivity index is 1.71. The first-order valence-electron chi connectivity index (χ1n) is 8.83. The van der Waals surface area contributed by atoms with E-state index in [-0.39, 0.29) is 13.0 Å². The lowest BCUT2D eigenvalue weighted by Crippen LogP contribution is -2.33. The smallest absolute Gasteiger partial charge is 0.319 e. The topological polar surface area (TPSA) is 106 Å². The standard InChI is InChI=1S/C20H22ClN3O5/c1-13(19(26)23-15-8-9-17(28-2)16(21)12-15)29-18(25)10-11-22-20(27)24-14-6-4-3-5-7-14/h3-9,12-13H,10-11H2,1-2H3,(H,23,26)(H2,22,24,27)/t13-/m0/s1. The number of nitrogens with one attached hydrogen (secondary N) is 3. The van der Waals surface area contributed by atoms with Crippen LogP contribution in [0.2, 0.25) is 5.02 Å². The number of hydrogen-bond acceptors (Lipinski definition) is 5. The van der Waals surface area contributed by atoms with Crippen molar-refractivity contribution in [3.05, 3.63) is 53.6 Å². The summed E-state index contributed by atoms with van der Waals surface area (Å²) in [7, 11) is 1.49. The zero-order valence-corrected chi connectivity index (χ0v) is 16.8. The maximum absolute atomic E-state index is 12.2. The van der Waals surface area contributed by atoms with Crippen molar-refractivity contribution in [2.24, 2.45) is 0 Å². The summed E-state index contributed by atoms with van der Waals surface area (Å²) in [6.07, 6.45) is -1.09. The number of urea groups is 1. The largest absolute Gasteiger partial charge is 0.495 e. The first-order chi connectivity index (χ1) is 13.9. The summed E-state index contributed by atoms with van der Waals surface area (Å²) in [5, 5.41) is 8.12. The van der Waals surface area contributed by atoms with Gasteiger partial charge in [0.1, 0.15) is 5.75 Å². The van der Waals surface area contributed by atoms with Gasteiger partial charge in [0.2, 0.25) is 0 Å². The van der Waals surface area contributed by atoms with Crippen LogP contribution < -0.4 is 20.7 Å². The lowest BCUT2D eigenvalue weighted by Gasteiger charge is -2.14. The number of hydrogen-bond donors (Lipinski definition) is 3. The molecule has 8 nitrogen and oxygen atoms in total. The van der Waals surface area contributed by atoms with Gasteiger partial charge in [0.15, 0.2) is 6.10 Å². The average Bonchev–Trinajstić information content (AvgIpc) is 2.68. The molecule has 0 fully saturated rings. The van der Waals surface area contributed by atoms with Gasteiger partial charge in [0.25, 0.3) is 5.91 Å². The van der Waals surface area contributed by atoms with Gasteiger partial charge in [-0.05, 0) is 37.3 Å². The lowest BCUT2D eigenvalue weighted by atomic mass is 10.2. The van der Waals surface area contributed by atoms with Crippen LogP contribution in [-0.4, -0.2) is 37.7 Å². The van der Waals surface area contributed by atoms with E-state index in [9.17, 15) is 14.4 Å². The molecule has 0 unspecified atom stereocenters. The first kappa shape index (κ1) is 22.0. The number of methoxy groups -OCH3 is 1. The molecule has 3 amide bonds. The summed E-state index contributed by atoms with van der Waals surface area (Å²) in [6, 6.07) is 13.2. The number of esters is 1. The van der Waals surface area contributed by atoms with Crippen LogP contribution in [0.3, 0.4) is 0 Å². The summed E-state index contributed by atoms with van der Waals surface area (Å²) in [4.78, 5) is 35.8. The van der Waals surface area contributed by atoms with Crippen LogP contribution in [0.1, 0.15) is 13.3 Å². The second-order valence-electron chi connectivity index (χ2n) is 5.97. The highest BCUT2D eigenvalue weighted by Gasteiger charge is 2.18. The maximum Gasteiger partial charge on any atom is 0.319 e. The van der Waals surface area contributed by atoms with Crippen molar-refractivity contribution in [2.75, 3.05) is 24.3 Å². The number of carbonyl (C=O) groups is 3. The molecular formula is C20H22ClN3O5. The van der Waals surface area contributed by atoms with Crippen LogP contribution in [0.5, 0.6) is 5.75 Å². The van der Waals surface area contributed by atoms with Gasteiger partial charge in [-0.15, -0.1) is 0 Å². The van der Waals surface area contributed by atoms with E-state index in [2.05, 4.69) is 16.0 Å². The van der Waals surface area contributed by atoms with E-state index >= 15 is 0 Å². The van der Waals surface area contributed by atoms with Crippen LogP contribution >= 0.6 is 11.6 Å². The van der Waals surface area contributed by atoms with Crippen LogP contribution in [0, 0.1) is 0 Å². The fourth-order valence-electron chi connectivity index (χ4n) is 2.27. The van der Waals surface area contributed by atoms with E-state index in [4.69, 9.17) is 21.1 Å². The van der Waals surface area contributed by atoms with Gasteiger partial charge in [-0.3, -0.25) is 9.59 Å². The number of ether oxygens (including phenoxy) is 2. The highest BCUT2D eigenvalue weighted by molar-refractivity contribution is 6.32. The zero-order chi connectivity index (χ0) is 21.2. The van der Waals surface area contributed by atoms with Gasteiger partial charge in [-0.25, -0.2) is 4.79 Å². The van der Waals surface area contributed by atoms with Crippen molar-refractivity contribution < 1.29 is 23.9 Å². The summed E-state index contributed by atoms with van der Waals surface area (Å²) in [5.74, 6) is -0.636. The predicted octanol–water partition coefficient (Wildman–Crippen LogP) is 3.43. The fraction of sp³-hybridized carbons (Fsp3) is 0.250. The summed E-state index contributed by atoms with van der Waals surface area (Å²) < 4.78 is 10.1. The molecule has 0 saturated heterocycles. The van der Waals surface area contributed by atoms with Crippen LogP contribution in [-0.2, 0) is 14.3 Å². The van der Waals surface area contributed by atoms with Crippen molar-refractivity contribution >= 4 is 40.9 Å². The van der Waals surface area contributed by atoms with Crippen molar-refractivity contribution in [3.8, 4) is 5.75 Å². The van der Waals surface area contributed by atoms with E-state index < -0.39 is 24.0 Å². The quantitative estimate of drug-likeness (QED) is 0.568. The molecule has 0 radical (unpaired) electrons. The molecule has 0 saturated carbocycles. The van der Waals surface area contributed by atoms with Crippen LogP contribution in [0.4, 0.5) is 16.2 Å². The summed E-state index contributed by atoms with van der Waals surface area (Å²) in [5.41, 5.74) is 1.08. The monoisotopic (exact) mass is 419 g/mol. The number of amides is 3. The van der Waals surface area contributed by atoms with Crippen molar-refractivity contribution in [1.29, 1.82) is 0 Å². The second-order valence-corrected chi connectivity index (χ2v) is 6.37. The molecule has 2 aromatic carbocycles. The zero-order valence-electron chi connectivity index (χ0n) is 16.0. The number of halogens is 1. The van der Waals surface area contributed by atoms with Gasteiger partial charge in [-0.1, -0.05) is 29.8 Å². The highest BCUT2D eigenvalue weighted by Crippen LogP contribution is 2.27. The van der Waals surface area contributed by atoms with E-state index in [1.807, 2.05) is 6.07 Å². The Morgan fingerprint density at radius 2 is 1.76 bits per heavy atom. The molecule has 3 N–H and O–H groups in total.